The molecule has 0 radical (unpaired) electrons. The Bertz CT molecular complexity index is 360. The lowest BCUT2D eigenvalue weighted by Gasteiger charge is -1.77. The van der Waals surface area contributed by atoms with Gasteiger partial charge in [0, 0.05) is 11.6 Å². The minimum atomic E-state index is 0.333. The summed E-state index contributed by atoms with van der Waals surface area (Å²) in [5.74, 6) is 0.333. The number of hydrogen-bond acceptors (Lipinski definition) is 3. The average molecular weight is 135 g/mol. The van der Waals surface area contributed by atoms with Crippen LogP contribution in [0.5, 0.6) is 0 Å². The van der Waals surface area contributed by atoms with Gasteiger partial charge in [0.2, 0.25) is 0 Å². The summed E-state index contributed by atoms with van der Waals surface area (Å²) < 4.78 is 4.92. The standard InChI is InChI=1S/C6H5N3O/c7-9-6-5-4(3-10-6)1-2-8-5/h1-3,7-8H. The highest BCUT2D eigenvalue weighted by atomic mass is 16.3. The Morgan fingerprint density at radius 2 is 2.50 bits per heavy atom. The molecule has 0 aliphatic rings. The highest BCUT2D eigenvalue weighted by molar-refractivity contribution is 5.86. The number of nitrogens with one attached hydrogen (secondary N) is 2. The normalized spacial score (nSPS) is 10.4. The second kappa shape index (κ2) is 1.70. The number of H-pyrrole nitrogens is 1. The molecule has 2 rings (SSSR count). The van der Waals surface area contributed by atoms with Crippen molar-refractivity contribution in [1.82, 2.24) is 4.98 Å². The summed E-state index contributed by atoms with van der Waals surface area (Å²) in [6.07, 6.45) is 3.36. The molecule has 0 spiro atoms. The van der Waals surface area contributed by atoms with Crippen molar-refractivity contribution in [3.63, 3.8) is 0 Å². The fourth-order valence-corrected chi connectivity index (χ4v) is 0.925. The molecule has 2 aromatic heterocycles. The van der Waals surface area contributed by atoms with Gasteiger partial charge in [-0.05, 0) is 6.07 Å². The van der Waals surface area contributed by atoms with Crippen LogP contribution in [0.2, 0.25) is 0 Å². The molecule has 0 saturated heterocycles. The molecule has 50 valence electrons. The third kappa shape index (κ3) is 0.500. The maximum Gasteiger partial charge on any atom is 0.262 e. The lowest BCUT2D eigenvalue weighted by atomic mass is 10.4. The van der Waals surface area contributed by atoms with E-state index in [9.17, 15) is 0 Å². The van der Waals surface area contributed by atoms with Crippen LogP contribution in [0.1, 0.15) is 0 Å². The molecule has 0 aliphatic carbocycles. The van der Waals surface area contributed by atoms with Gasteiger partial charge in [0.15, 0.2) is 0 Å². The summed E-state index contributed by atoms with van der Waals surface area (Å²) in [6, 6.07) is 1.87. The molecule has 0 saturated carbocycles. The van der Waals surface area contributed by atoms with Gasteiger partial charge in [-0.1, -0.05) is 0 Å². The molecule has 0 aromatic carbocycles. The second-order valence-electron chi connectivity index (χ2n) is 1.96. The molecule has 10 heavy (non-hydrogen) atoms. The molecule has 2 heterocycles. The average Bonchev–Trinajstić information content (AvgIpc) is 2.44. The van der Waals surface area contributed by atoms with Gasteiger partial charge >= 0.3 is 0 Å². The first-order valence-corrected chi connectivity index (χ1v) is 2.84. The van der Waals surface area contributed by atoms with E-state index in [4.69, 9.17) is 9.95 Å². The molecule has 4 nitrogen and oxygen atoms in total. The van der Waals surface area contributed by atoms with E-state index in [1.54, 1.807) is 12.5 Å². The maximum atomic E-state index is 6.69. The van der Waals surface area contributed by atoms with Crippen LogP contribution < -0.4 is 0 Å². The summed E-state index contributed by atoms with van der Waals surface area (Å²) in [4.78, 5) is 2.91. The van der Waals surface area contributed by atoms with Crippen molar-refractivity contribution in [2.75, 3.05) is 0 Å². The van der Waals surface area contributed by atoms with Crippen molar-refractivity contribution in [2.24, 2.45) is 5.11 Å². The summed E-state index contributed by atoms with van der Waals surface area (Å²) in [6.45, 7) is 0. The van der Waals surface area contributed by atoms with Crippen LogP contribution >= 0.6 is 0 Å². The lowest BCUT2D eigenvalue weighted by molar-refractivity contribution is 0.573. The van der Waals surface area contributed by atoms with Crippen molar-refractivity contribution < 1.29 is 4.42 Å². The molecule has 0 unspecified atom stereocenters. The highest BCUT2D eigenvalue weighted by Crippen LogP contribution is 2.25. The van der Waals surface area contributed by atoms with E-state index in [1.165, 1.54) is 0 Å². The van der Waals surface area contributed by atoms with Crippen LogP contribution in [-0.4, -0.2) is 4.98 Å². The Morgan fingerprint density at radius 3 is 3.30 bits per heavy atom. The molecule has 4 heteroatoms. The first-order chi connectivity index (χ1) is 4.92. The van der Waals surface area contributed by atoms with E-state index < -0.39 is 0 Å². The van der Waals surface area contributed by atoms with Gasteiger partial charge in [0.25, 0.3) is 5.88 Å². The van der Waals surface area contributed by atoms with E-state index in [2.05, 4.69) is 10.1 Å². The predicted octanol–water partition coefficient (Wildman–Crippen LogP) is 2.42. The first kappa shape index (κ1) is 5.22. The minimum Gasteiger partial charge on any atom is -0.443 e. The summed E-state index contributed by atoms with van der Waals surface area (Å²) >= 11 is 0. The van der Waals surface area contributed by atoms with Crippen molar-refractivity contribution in [2.45, 2.75) is 0 Å². The Morgan fingerprint density at radius 1 is 1.60 bits per heavy atom. The number of hydrogen-bond donors (Lipinski definition) is 2. The van der Waals surface area contributed by atoms with E-state index in [-0.39, 0.29) is 0 Å². The third-order valence-corrected chi connectivity index (χ3v) is 1.39. The van der Waals surface area contributed by atoms with Crippen LogP contribution in [0, 0.1) is 5.53 Å². The van der Waals surface area contributed by atoms with E-state index in [1.807, 2.05) is 6.07 Å². The van der Waals surface area contributed by atoms with E-state index in [0.29, 0.717) is 5.88 Å². The number of aromatic nitrogens is 1. The van der Waals surface area contributed by atoms with E-state index >= 15 is 0 Å². The summed E-state index contributed by atoms with van der Waals surface area (Å²) in [5, 5.41) is 4.13. The van der Waals surface area contributed by atoms with Crippen molar-refractivity contribution in [1.29, 1.82) is 5.53 Å². The first-order valence-electron chi connectivity index (χ1n) is 2.84. The molecule has 0 atom stereocenters. The Kier molecular flexibility index (Phi) is 0.887. The van der Waals surface area contributed by atoms with Gasteiger partial charge in [-0.3, -0.25) is 0 Å². The SMILES string of the molecule is N=Nc1occ2cc[nH]c12. The van der Waals surface area contributed by atoms with Gasteiger partial charge in [-0.15, -0.1) is 5.11 Å². The zero-order valence-corrected chi connectivity index (χ0v) is 5.09. The van der Waals surface area contributed by atoms with Crippen molar-refractivity contribution >= 4 is 16.8 Å². The number of aromatic amines is 1. The fourth-order valence-electron chi connectivity index (χ4n) is 0.925. The molecular weight excluding hydrogens is 130 g/mol. The Labute approximate surface area is 56.4 Å². The van der Waals surface area contributed by atoms with Crippen LogP contribution in [0.15, 0.2) is 28.1 Å². The monoisotopic (exact) mass is 135 g/mol. The molecule has 2 N–H and O–H groups in total. The summed E-state index contributed by atoms with van der Waals surface area (Å²) in [7, 11) is 0. The number of rotatable bonds is 1. The molecular formula is C6H5N3O. The molecule has 0 amide bonds. The van der Waals surface area contributed by atoms with Crippen LogP contribution in [0.4, 0.5) is 5.88 Å². The topological polar surface area (TPSA) is 65.1 Å². The zero-order valence-electron chi connectivity index (χ0n) is 5.09. The largest absolute Gasteiger partial charge is 0.443 e. The summed E-state index contributed by atoms with van der Waals surface area (Å²) in [5.41, 5.74) is 7.48. The van der Waals surface area contributed by atoms with Gasteiger partial charge in [-0.2, -0.15) is 0 Å². The quantitative estimate of drug-likeness (QED) is 0.579. The second-order valence-corrected chi connectivity index (χ2v) is 1.96. The predicted molar refractivity (Wildman–Crippen MR) is 35.4 cm³/mol. The van der Waals surface area contributed by atoms with Gasteiger partial charge < -0.3 is 9.40 Å². The molecule has 2 aromatic rings. The van der Waals surface area contributed by atoms with Crippen molar-refractivity contribution in [3.8, 4) is 0 Å². The minimum absolute atomic E-state index is 0.333. The van der Waals surface area contributed by atoms with Crippen molar-refractivity contribution in [3.05, 3.63) is 18.5 Å². The molecule has 0 bridgehead atoms. The maximum absolute atomic E-state index is 6.69. The van der Waals surface area contributed by atoms with Crippen LogP contribution in [-0.2, 0) is 0 Å². The van der Waals surface area contributed by atoms with E-state index in [0.717, 1.165) is 10.9 Å². The fraction of sp³-hybridized carbons (Fsp3) is 0. The Hall–Kier alpha value is -1.58. The number of furan rings is 1. The van der Waals surface area contributed by atoms with Gasteiger partial charge in [0.1, 0.15) is 11.8 Å². The number of fused-ring (bicyclic) bond motifs is 1. The number of nitrogens with zero attached hydrogens (tertiary/aromatic N) is 1. The van der Waals surface area contributed by atoms with Gasteiger partial charge in [-0.25, -0.2) is 5.53 Å². The van der Waals surface area contributed by atoms with Crippen LogP contribution in [0.25, 0.3) is 10.9 Å². The third-order valence-electron chi connectivity index (χ3n) is 1.39. The van der Waals surface area contributed by atoms with Crippen LogP contribution in [0.3, 0.4) is 0 Å². The lowest BCUT2D eigenvalue weighted by Crippen LogP contribution is -1.56. The molecule has 0 aliphatic heterocycles. The zero-order chi connectivity index (χ0) is 6.97. The smallest absolute Gasteiger partial charge is 0.262 e. The Balaban J connectivity index is 2.88. The highest BCUT2D eigenvalue weighted by Gasteiger charge is 2.03. The molecule has 0 fully saturated rings. The van der Waals surface area contributed by atoms with Gasteiger partial charge in [0.05, 0.1) is 0 Å².